The molecule has 16 heavy (non-hydrogen) atoms. The van der Waals surface area contributed by atoms with E-state index in [0.29, 0.717) is 17.2 Å². The smallest absolute Gasteiger partial charge is 0.341 e. The third kappa shape index (κ3) is 3.20. The van der Waals surface area contributed by atoms with Crippen molar-refractivity contribution in [3.8, 4) is 0 Å². The quantitative estimate of drug-likeness (QED) is 0.648. The van der Waals surface area contributed by atoms with Crippen molar-refractivity contribution in [3.63, 3.8) is 0 Å². The summed E-state index contributed by atoms with van der Waals surface area (Å²) in [6.45, 7) is 3.81. The Morgan fingerprint density at radius 3 is 2.94 bits per heavy atom. The average molecular weight is 239 g/mol. The number of ether oxygens (including phenoxy) is 1. The van der Waals surface area contributed by atoms with Crippen LogP contribution in [0.25, 0.3) is 0 Å². The highest BCUT2D eigenvalue weighted by molar-refractivity contribution is 7.14. The SMILES string of the molecule is CC=CC(=O)Nc1sccc1C(=O)OCC. The van der Waals surface area contributed by atoms with Crippen LogP contribution >= 0.6 is 11.3 Å². The van der Waals surface area contributed by atoms with Crippen LogP contribution in [-0.2, 0) is 9.53 Å². The second kappa shape index (κ2) is 6.07. The van der Waals surface area contributed by atoms with Gasteiger partial charge in [-0.25, -0.2) is 4.79 Å². The molecule has 0 aromatic carbocycles. The van der Waals surface area contributed by atoms with Gasteiger partial charge in [0.05, 0.1) is 12.2 Å². The van der Waals surface area contributed by atoms with Crippen molar-refractivity contribution in [1.82, 2.24) is 0 Å². The first kappa shape index (κ1) is 12.4. The van der Waals surface area contributed by atoms with E-state index in [1.807, 2.05) is 0 Å². The largest absolute Gasteiger partial charge is 0.462 e. The Morgan fingerprint density at radius 2 is 2.31 bits per heavy atom. The van der Waals surface area contributed by atoms with Crippen LogP contribution in [0.5, 0.6) is 0 Å². The zero-order chi connectivity index (χ0) is 12.0. The molecule has 0 fully saturated rings. The van der Waals surface area contributed by atoms with Gasteiger partial charge in [-0.3, -0.25) is 4.79 Å². The number of rotatable bonds is 4. The molecule has 1 aromatic heterocycles. The molecule has 0 bridgehead atoms. The number of esters is 1. The molecule has 0 spiro atoms. The van der Waals surface area contributed by atoms with Crippen molar-refractivity contribution in [2.24, 2.45) is 0 Å². The fourth-order valence-corrected chi connectivity index (χ4v) is 1.86. The van der Waals surface area contributed by atoms with Crippen LogP contribution in [0.2, 0.25) is 0 Å². The minimum Gasteiger partial charge on any atom is -0.462 e. The van der Waals surface area contributed by atoms with E-state index >= 15 is 0 Å². The highest BCUT2D eigenvalue weighted by Crippen LogP contribution is 2.23. The summed E-state index contributed by atoms with van der Waals surface area (Å²) in [5.74, 6) is -0.671. The minimum atomic E-state index is -0.417. The Bertz CT molecular complexity index is 409. The van der Waals surface area contributed by atoms with Crippen molar-refractivity contribution < 1.29 is 14.3 Å². The van der Waals surface area contributed by atoms with E-state index in [0.717, 1.165) is 0 Å². The highest BCUT2D eigenvalue weighted by Gasteiger charge is 2.14. The Hall–Kier alpha value is -1.62. The van der Waals surface area contributed by atoms with Crippen molar-refractivity contribution in [2.45, 2.75) is 13.8 Å². The van der Waals surface area contributed by atoms with E-state index in [9.17, 15) is 9.59 Å². The van der Waals surface area contributed by atoms with Crippen LogP contribution < -0.4 is 5.32 Å². The van der Waals surface area contributed by atoms with Crippen LogP contribution in [0.15, 0.2) is 23.6 Å². The summed E-state index contributed by atoms with van der Waals surface area (Å²) < 4.78 is 4.87. The Morgan fingerprint density at radius 1 is 1.56 bits per heavy atom. The van der Waals surface area contributed by atoms with E-state index < -0.39 is 5.97 Å². The topological polar surface area (TPSA) is 55.4 Å². The van der Waals surface area contributed by atoms with Gasteiger partial charge in [0.1, 0.15) is 5.00 Å². The van der Waals surface area contributed by atoms with Gasteiger partial charge >= 0.3 is 5.97 Å². The van der Waals surface area contributed by atoms with Crippen LogP contribution in [0.4, 0.5) is 5.00 Å². The van der Waals surface area contributed by atoms with Crippen LogP contribution in [0.1, 0.15) is 24.2 Å². The van der Waals surface area contributed by atoms with Gasteiger partial charge < -0.3 is 10.1 Å². The van der Waals surface area contributed by atoms with Gasteiger partial charge in [0.15, 0.2) is 0 Å². The highest BCUT2D eigenvalue weighted by atomic mass is 32.1. The van der Waals surface area contributed by atoms with Crippen molar-refractivity contribution in [1.29, 1.82) is 0 Å². The van der Waals surface area contributed by atoms with E-state index in [1.54, 1.807) is 31.4 Å². The second-order valence-corrected chi connectivity index (χ2v) is 3.79. The minimum absolute atomic E-state index is 0.254. The second-order valence-electron chi connectivity index (χ2n) is 2.87. The first-order valence-electron chi connectivity index (χ1n) is 4.87. The lowest BCUT2D eigenvalue weighted by atomic mass is 10.3. The van der Waals surface area contributed by atoms with Gasteiger partial charge in [0.2, 0.25) is 5.91 Å². The number of allylic oxidation sites excluding steroid dienone is 1. The number of thiophene rings is 1. The van der Waals surface area contributed by atoms with Crippen molar-refractivity contribution in [3.05, 3.63) is 29.2 Å². The molecule has 4 nitrogen and oxygen atoms in total. The number of amides is 1. The molecular formula is C11H13NO3S. The molecule has 0 atom stereocenters. The zero-order valence-corrected chi connectivity index (χ0v) is 9.97. The Kier molecular flexibility index (Phi) is 4.72. The van der Waals surface area contributed by atoms with Crippen LogP contribution in [0, 0.1) is 0 Å². The molecule has 0 radical (unpaired) electrons. The van der Waals surface area contributed by atoms with E-state index in [-0.39, 0.29) is 5.91 Å². The maximum absolute atomic E-state index is 11.5. The van der Waals surface area contributed by atoms with Crippen molar-refractivity contribution in [2.75, 3.05) is 11.9 Å². The number of hydrogen-bond donors (Lipinski definition) is 1. The lowest BCUT2D eigenvalue weighted by molar-refractivity contribution is -0.111. The molecule has 0 unspecified atom stereocenters. The summed E-state index contributed by atoms with van der Waals surface area (Å²) in [7, 11) is 0. The number of carbonyl (C=O) groups excluding carboxylic acids is 2. The molecule has 86 valence electrons. The van der Waals surface area contributed by atoms with E-state index in [2.05, 4.69) is 5.32 Å². The molecule has 0 aliphatic rings. The van der Waals surface area contributed by atoms with Gasteiger partial charge in [-0.15, -0.1) is 11.3 Å². The summed E-state index contributed by atoms with van der Waals surface area (Å²) in [5, 5.41) is 4.87. The normalized spacial score (nSPS) is 10.4. The maximum atomic E-state index is 11.5. The summed E-state index contributed by atoms with van der Waals surface area (Å²) >= 11 is 1.29. The molecule has 0 aliphatic carbocycles. The molecule has 1 rings (SSSR count). The fourth-order valence-electron chi connectivity index (χ4n) is 1.08. The standard InChI is InChI=1S/C11H13NO3S/c1-3-5-9(13)12-10-8(6-7-16-10)11(14)15-4-2/h3,5-7H,4H2,1-2H3,(H,12,13). The summed E-state index contributed by atoms with van der Waals surface area (Å²) in [4.78, 5) is 22.8. The average Bonchev–Trinajstić information content (AvgIpc) is 2.66. The molecule has 0 aliphatic heterocycles. The molecule has 5 heteroatoms. The molecule has 1 aromatic rings. The van der Waals surface area contributed by atoms with Gasteiger partial charge in [0, 0.05) is 0 Å². The lowest BCUT2D eigenvalue weighted by Gasteiger charge is -2.03. The first-order valence-corrected chi connectivity index (χ1v) is 5.75. The van der Waals surface area contributed by atoms with Crippen LogP contribution in [-0.4, -0.2) is 18.5 Å². The van der Waals surface area contributed by atoms with E-state index in [4.69, 9.17) is 4.74 Å². The third-order valence-corrected chi connectivity index (χ3v) is 2.55. The molecular weight excluding hydrogens is 226 g/mol. The van der Waals surface area contributed by atoms with Gasteiger partial charge in [-0.2, -0.15) is 0 Å². The summed E-state index contributed by atoms with van der Waals surface area (Å²) in [6, 6.07) is 1.63. The number of carbonyl (C=O) groups is 2. The third-order valence-electron chi connectivity index (χ3n) is 1.72. The Labute approximate surface area is 97.9 Å². The molecule has 0 saturated carbocycles. The van der Waals surface area contributed by atoms with Crippen molar-refractivity contribution >= 4 is 28.2 Å². The number of anilines is 1. The van der Waals surface area contributed by atoms with Gasteiger partial charge in [0.25, 0.3) is 0 Å². The molecule has 1 amide bonds. The number of nitrogens with one attached hydrogen (secondary N) is 1. The fraction of sp³-hybridized carbons (Fsp3) is 0.273. The zero-order valence-electron chi connectivity index (χ0n) is 9.15. The molecule has 1 N–H and O–H groups in total. The van der Waals surface area contributed by atoms with Crippen LogP contribution in [0.3, 0.4) is 0 Å². The lowest BCUT2D eigenvalue weighted by Crippen LogP contribution is -2.11. The molecule has 0 saturated heterocycles. The monoisotopic (exact) mass is 239 g/mol. The number of hydrogen-bond acceptors (Lipinski definition) is 4. The summed E-state index contributed by atoms with van der Waals surface area (Å²) in [5.41, 5.74) is 0.393. The predicted molar refractivity (Wildman–Crippen MR) is 63.7 cm³/mol. The first-order chi connectivity index (χ1) is 7.69. The van der Waals surface area contributed by atoms with Gasteiger partial charge in [-0.05, 0) is 31.4 Å². The van der Waals surface area contributed by atoms with Gasteiger partial charge in [-0.1, -0.05) is 6.08 Å². The predicted octanol–water partition coefficient (Wildman–Crippen LogP) is 2.44. The maximum Gasteiger partial charge on any atom is 0.341 e. The Balaban J connectivity index is 2.78. The molecule has 1 heterocycles. The van der Waals surface area contributed by atoms with E-state index in [1.165, 1.54) is 17.4 Å². The summed E-state index contributed by atoms with van der Waals surface area (Å²) in [6.07, 6.45) is 3.03.